The normalized spacial score (nSPS) is 26.1. The van der Waals surface area contributed by atoms with Crippen molar-refractivity contribution < 1.29 is 46.2 Å². The van der Waals surface area contributed by atoms with Crippen LogP contribution in [0.15, 0.2) is 71.2 Å². The SMILES string of the molecule is COc1cccc(-c2cc(O[C@@H]3C[C@H]4C(=O)N[C@]5(C(=O)NS(=O)(=O)C6CC6)C[C@H]5C=CCCCCC[C@H](NC(=O)OC5CCCC5)C(=O)N4C3)c3oc4ccccc4c3n2)c1. The highest BCUT2D eigenvalue weighted by molar-refractivity contribution is 7.91. The molecule has 0 radical (unpaired) electrons. The molecule has 4 amide bonds. The van der Waals surface area contributed by atoms with Gasteiger partial charge in [0, 0.05) is 29.4 Å². The number of para-hydroxylation sites is 1. The third kappa shape index (κ3) is 8.51. The zero-order chi connectivity index (χ0) is 42.3. The Morgan fingerprint density at radius 2 is 1.75 bits per heavy atom. The number of carbonyl (C=O) groups excluding carboxylic acids is 4. The van der Waals surface area contributed by atoms with Crippen LogP contribution in [0.25, 0.3) is 33.3 Å². The number of furan rings is 1. The number of hydrogen-bond acceptors (Lipinski definition) is 11. The molecule has 3 aliphatic carbocycles. The lowest BCUT2D eigenvalue weighted by Crippen LogP contribution is -2.58. The van der Waals surface area contributed by atoms with E-state index in [9.17, 15) is 27.6 Å². The minimum absolute atomic E-state index is 0.0218. The fourth-order valence-electron chi connectivity index (χ4n) is 9.03. The highest BCUT2D eigenvalue weighted by Gasteiger charge is 2.62. The molecule has 2 aliphatic heterocycles. The van der Waals surface area contributed by atoms with Crippen molar-refractivity contribution >= 4 is 55.9 Å². The van der Waals surface area contributed by atoms with E-state index in [-0.39, 0.29) is 25.5 Å². The summed E-state index contributed by atoms with van der Waals surface area (Å²) in [4.78, 5) is 63.0. The van der Waals surface area contributed by atoms with Crippen molar-refractivity contribution in [3.63, 3.8) is 0 Å². The first-order chi connectivity index (χ1) is 29.5. The lowest BCUT2D eigenvalue weighted by Gasteiger charge is -2.30. The number of allylic oxidation sites excluding steroid dienone is 1. The second-order valence-corrected chi connectivity index (χ2v) is 19.0. The molecule has 3 saturated carbocycles. The molecule has 2 aromatic carbocycles. The second-order valence-electron chi connectivity index (χ2n) is 17.0. The topological polar surface area (TPSA) is 195 Å². The van der Waals surface area contributed by atoms with Crippen molar-refractivity contribution in [3.8, 4) is 22.8 Å². The van der Waals surface area contributed by atoms with Crippen LogP contribution in [0.5, 0.6) is 11.5 Å². The maximum Gasteiger partial charge on any atom is 0.408 e. The van der Waals surface area contributed by atoms with Gasteiger partial charge in [0.2, 0.25) is 21.8 Å². The molecular weight excluding hydrogens is 803 g/mol. The maximum atomic E-state index is 14.8. The highest BCUT2D eigenvalue weighted by Crippen LogP contribution is 2.46. The molecule has 9 rings (SSSR count). The summed E-state index contributed by atoms with van der Waals surface area (Å²) in [5.74, 6) is -1.35. The van der Waals surface area contributed by atoms with Crippen molar-refractivity contribution in [1.82, 2.24) is 25.2 Å². The molecule has 4 heterocycles. The number of pyridine rings is 1. The Labute approximate surface area is 354 Å². The number of benzene rings is 2. The molecule has 5 atom stereocenters. The molecule has 0 bridgehead atoms. The van der Waals surface area contributed by atoms with Crippen LogP contribution in [-0.4, -0.2) is 90.9 Å². The summed E-state index contributed by atoms with van der Waals surface area (Å²) in [6, 6.07) is 14.6. The number of nitrogens with one attached hydrogen (secondary N) is 3. The predicted molar refractivity (Wildman–Crippen MR) is 225 cm³/mol. The lowest BCUT2D eigenvalue weighted by molar-refractivity contribution is -0.141. The molecule has 5 aliphatic rings. The number of sulfonamides is 1. The Bertz CT molecular complexity index is 2490. The van der Waals surface area contributed by atoms with Gasteiger partial charge in [0.1, 0.15) is 46.7 Å². The number of nitrogens with zero attached hydrogens (tertiary/aromatic N) is 2. The van der Waals surface area contributed by atoms with Crippen molar-refractivity contribution in [1.29, 1.82) is 0 Å². The van der Waals surface area contributed by atoms with Gasteiger partial charge in [-0.3, -0.25) is 19.1 Å². The van der Waals surface area contributed by atoms with Gasteiger partial charge in [-0.2, -0.15) is 0 Å². The zero-order valence-electron chi connectivity index (χ0n) is 34.1. The summed E-state index contributed by atoms with van der Waals surface area (Å²) in [6.45, 7) is -0.0378. The minimum Gasteiger partial charge on any atom is -0.497 e. The van der Waals surface area contributed by atoms with E-state index in [0.717, 1.165) is 49.5 Å². The van der Waals surface area contributed by atoms with Gasteiger partial charge in [-0.05, 0) is 88.5 Å². The van der Waals surface area contributed by atoms with Crippen molar-refractivity contribution in [3.05, 3.63) is 66.7 Å². The first-order valence-corrected chi connectivity index (χ1v) is 23.0. The zero-order valence-corrected chi connectivity index (χ0v) is 34.9. The number of methoxy groups -OCH3 is 1. The molecule has 4 fully saturated rings. The average molecular weight is 854 g/mol. The van der Waals surface area contributed by atoms with Crippen LogP contribution in [0.2, 0.25) is 0 Å². The van der Waals surface area contributed by atoms with Gasteiger partial charge >= 0.3 is 6.09 Å². The standard InChI is InChI=1S/C45H51N5O10S/c1-57-30-16-11-12-27(22-30)35-24-38(40-39(46-35)33-17-9-10-19-37(33)60-40)58-31-23-36-41(51)48-45(43(53)49-61(55,56)32-20-21-32)25-28(45)13-5-3-2-4-6-18-34(42(52)50(36)26-31)47-44(54)59-29-14-7-8-15-29/h5,9-13,16-17,19,22,24,28-29,31-32,34,36H,2-4,6-8,14-15,18,20-21,23,25-26H2,1H3,(H,47,54)(H,48,51)(H,49,53)/t28-,31-,34+,36+,45-/m1/s1. The maximum absolute atomic E-state index is 14.8. The number of hydrogen-bond donors (Lipinski definition) is 3. The van der Waals surface area contributed by atoms with Gasteiger partial charge < -0.3 is 34.2 Å². The highest BCUT2D eigenvalue weighted by atomic mass is 32.2. The molecule has 0 spiro atoms. The molecule has 16 heteroatoms. The van der Waals surface area contributed by atoms with Gasteiger partial charge in [0.15, 0.2) is 11.3 Å². The summed E-state index contributed by atoms with van der Waals surface area (Å²) in [6.07, 6.45) is 9.99. The van der Waals surface area contributed by atoms with E-state index >= 15 is 0 Å². The average Bonchev–Trinajstić information content (AvgIpc) is 4.06. The summed E-state index contributed by atoms with van der Waals surface area (Å²) in [5.41, 5.74) is 1.39. The van der Waals surface area contributed by atoms with Crippen LogP contribution in [0.3, 0.4) is 0 Å². The van der Waals surface area contributed by atoms with Crippen molar-refractivity contribution in [2.45, 2.75) is 119 Å². The Balaban J connectivity index is 1.06. The number of aromatic nitrogens is 1. The van der Waals surface area contributed by atoms with Crippen molar-refractivity contribution in [2.75, 3.05) is 13.7 Å². The summed E-state index contributed by atoms with van der Waals surface area (Å²) >= 11 is 0. The number of amides is 4. The fraction of sp³-hybridized carbons (Fsp3) is 0.489. The van der Waals surface area contributed by atoms with Crippen LogP contribution >= 0.6 is 0 Å². The Morgan fingerprint density at radius 3 is 2.56 bits per heavy atom. The first kappa shape index (κ1) is 40.7. The van der Waals surface area contributed by atoms with Gasteiger partial charge in [-0.1, -0.05) is 49.3 Å². The van der Waals surface area contributed by atoms with Gasteiger partial charge in [-0.25, -0.2) is 18.2 Å². The van der Waals surface area contributed by atoms with E-state index in [1.54, 1.807) is 13.2 Å². The molecule has 15 nitrogen and oxygen atoms in total. The van der Waals surface area contributed by atoms with Crippen LogP contribution in [0.4, 0.5) is 4.79 Å². The predicted octanol–water partition coefficient (Wildman–Crippen LogP) is 6.05. The third-order valence-electron chi connectivity index (χ3n) is 12.7. The van der Waals surface area contributed by atoms with Gasteiger partial charge in [0.05, 0.1) is 24.6 Å². The van der Waals surface area contributed by atoms with Crippen LogP contribution in [0, 0.1) is 5.92 Å². The van der Waals surface area contributed by atoms with Crippen LogP contribution < -0.4 is 24.8 Å². The summed E-state index contributed by atoms with van der Waals surface area (Å²) in [5, 5.41) is 5.89. The Morgan fingerprint density at radius 1 is 0.951 bits per heavy atom. The number of rotatable bonds is 9. The molecule has 4 aromatic rings. The molecule has 3 N–H and O–H groups in total. The van der Waals surface area contributed by atoms with E-state index in [1.165, 1.54) is 4.90 Å². The number of carbonyl (C=O) groups is 4. The second kappa shape index (κ2) is 16.7. The molecule has 0 unspecified atom stereocenters. The molecule has 322 valence electrons. The van der Waals surface area contributed by atoms with Crippen LogP contribution in [0.1, 0.15) is 83.5 Å². The first-order valence-electron chi connectivity index (χ1n) is 21.5. The Kier molecular flexibility index (Phi) is 11.1. The van der Waals surface area contributed by atoms with E-state index < -0.39 is 68.7 Å². The lowest BCUT2D eigenvalue weighted by atomic mass is 10.0. The quantitative estimate of drug-likeness (QED) is 0.166. The van der Waals surface area contributed by atoms with E-state index in [4.69, 9.17) is 23.6 Å². The number of alkyl carbamates (subject to hydrolysis) is 1. The Hall–Kier alpha value is -5.64. The van der Waals surface area contributed by atoms with Crippen LogP contribution in [-0.2, 0) is 29.1 Å². The smallest absolute Gasteiger partial charge is 0.408 e. The molecular formula is C45H51N5O10S. The summed E-state index contributed by atoms with van der Waals surface area (Å²) in [7, 11) is -2.33. The van der Waals surface area contributed by atoms with Gasteiger partial charge in [0.25, 0.3) is 5.91 Å². The molecule has 61 heavy (non-hydrogen) atoms. The number of fused-ring (bicyclic) bond motifs is 5. The van der Waals surface area contributed by atoms with E-state index in [2.05, 4.69) is 15.4 Å². The molecule has 2 aromatic heterocycles. The minimum atomic E-state index is -3.92. The van der Waals surface area contributed by atoms with E-state index in [0.29, 0.717) is 66.0 Å². The number of ether oxygens (including phenoxy) is 3. The largest absolute Gasteiger partial charge is 0.497 e. The summed E-state index contributed by atoms with van der Waals surface area (Å²) < 4.78 is 52.5. The molecule has 1 saturated heterocycles. The van der Waals surface area contributed by atoms with Crippen molar-refractivity contribution in [2.24, 2.45) is 5.92 Å². The van der Waals surface area contributed by atoms with E-state index in [1.807, 2.05) is 60.7 Å². The monoisotopic (exact) mass is 853 g/mol. The fourth-order valence-corrected chi connectivity index (χ4v) is 10.4. The third-order valence-corrected chi connectivity index (χ3v) is 14.5. The van der Waals surface area contributed by atoms with Gasteiger partial charge in [-0.15, -0.1) is 0 Å².